The number of nitrogens with two attached hydrogens (primary N) is 1. The van der Waals surface area contributed by atoms with Crippen molar-refractivity contribution in [2.45, 2.75) is 322 Å². The lowest BCUT2D eigenvalue weighted by molar-refractivity contribution is -0.161. The number of allylic oxidation sites excluding steroid dienone is 20. The van der Waals surface area contributed by atoms with Crippen LogP contribution >= 0.6 is 7.82 Å². The molecule has 0 radical (unpaired) electrons. The monoisotopic (exact) mass is 1220 g/mol. The number of carbonyl (C=O) groups excluding carboxylic acids is 2. The standard InChI is InChI=1S/C76H132NO8P/c1-3-5-7-9-11-13-15-17-19-21-23-25-27-29-31-33-35-36-37-38-39-41-43-45-47-49-51-53-55-57-59-61-63-65-67-69-76(79)85-74(73-84-86(80,81)83-71-70-77)72-82-75(78)68-66-64-62-60-58-56-54-52-50-48-46-44-42-40-34-32-30-28-26-24-22-20-18-16-14-12-10-8-6-4-2/h5,7,11,13,17,19,23,25,29,31,35-36,38-39,43,45,49,51,55,57,74H,3-4,6,8-10,12,14-16,18,20-22,24,26-28,30,32-34,37,40-42,44,46-48,50,52-54,56,58-73,77H2,1-2H3,(H,80,81)/b7-5-,13-11-,19-17-,25-23-,31-29-,36-35-,39-38-,45-43-,51-49-,57-55-. The Morgan fingerprint density at radius 3 is 0.953 bits per heavy atom. The summed E-state index contributed by atoms with van der Waals surface area (Å²) < 4.78 is 33.2. The molecular weight excluding hydrogens is 1090 g/mol. The predicted molar refractivity (Wildman–Crippen MR) is 371 cm³/mol. The third-order valence-electron chi connectivity index (χ3n) is 15.1. The van der Waals surface area contributed by atoms with Gasteiger partial charge in [-0.15, -0.1) is 0 Å². The Bertz CT molecular complexity index is 1830. The van der Waals surface area contributed by atoms with E-state index in [9.17, 15) is 19.0 Å². The summed E-state index contributed by atoms with van der Waals surface area (Å²) in [6.07, 6.45) is 98.7. The van der Waals surface area contributed by atoms with Gasteiger partial charge in [0.2, 0.25) is 0 Å². The lowest BCUT2D eigenvalue weighted by Crippen LogP contribution is -2.29. The Hall–Kier alpha value is -3.59. The van der Waals surface area contributed by atoms with Crippen LogP contribution in [-0.2, 0) is 32.7 Å². The predicted octanol–water partition coefficient (Wildman–Crippen LogP) is 23.5. The van der Waals surface area contributed by atoms with Crippen molar-refractivity contribution in [1.29, 1.82) is 0 Å². The number of phosphoric acid groups is 1. The molecule has 10 heteroatoms. The molecule has 0 bridgehead atoms. The quantitative estimate of drug-likeness (QED) is 0.0264. The van der Waals surface area contributed by atoms with Gasteiger partial charge in [-0.3, -0.25) is 18.6 Å². The molecule has 0 aliphatic heterocycles. The van der Waals surface area contributed by atoms with Crippen LogP contribution in [0.4, 0.5) is 0 Å². The molecule has 0 rings (SSSR count). The molecule has 494 valence electrons. The Morgan fingerprint density at radius 1 is 0.360 bits per heavy atom. The molecule has 2 atom stereocenters. The molecule has 0 saturated heterocycles. The van der Waals surface area contributed by atoms with Crippen LogP contribution in [0.1, 0.15) is 316 Å². The van der Waals surface area contributed by atoms with Gasteiger partial charge in [-0.1, -0.05) is 334 Å². The molecule has 2 unspecified atom stereocenters. The summed E-state index contributed by atoms with van der Waals surface area (Å²) in [5, 5.41) is 0. The lowest BCUT2D eigenvalue weighted by Gasteiger charge is -2.19. The number of hydrogen-bond acceptors (Lipinski definition) is 8. The first-order chi connectivity index (χ1) is 42.3. The second kappa shape index (κ2) is 70.5. The molecule has 3 N–H and O–H groups in total. The van der Waals surface area contributed by atoms with Crippen molar-refractivity contribution >= 4 is 19.8 Å². The second-order valence-electron chi connectivity index (χ2n) is 23.4. The third kappa shape index (κ3) is 69.5. The van der Waals surface area contributed by atoms with E-state index in [2.05, 4.69) is 135 Å². The van der Waals surface area contributed by atoms with Gasteiger partial charge in [-0.25, -0.2) is 4.57 Å². The highest BCUT2D eigenvalue weighted by atomic mass is 31.2. The minimum absolute atomic E-state index is 0.0442. The van der Waals surface area contributed by atoms with E-state index in [0.29, 0.717) is 6.42 Å². The molecule has 0 aliphatic rings. The molecule has 0 spiro atoms. The third-order valence-corrected chi connectivity index (χ3v) is 16.1. The first kappa shape index (κ1) is 82.4. The summed E-state index contributed by atoms with van der Waals surface area (Å²) >= 11 is 0. The van der Waals surface area contributed by atoms with Gasteiger partial charge in [0.15, 0.2) is 6.10 Å². The SMILES string of the molecule is CC/C=C\C/C=C\C/C=C\C/C=C\C/C=C\C/C=C\C/C=C\C/C=C\C/C=C\C/C=C\CCCCCCC(=O)OC(COC(=O)CCCCCCCCCCCCCCCCCCCCCCCCCCCCCCCC)COP(=O)(O)OCCN. The van der Waals surface area contributed by atoms with E-state index in [1.807, 2.05) is 0 Å². The van der Waals surface area contributed by atoms with E-state index in [0.717, 1.165) is 109 Å². The topological polar surface area (TPSA) is 134 Å². The van der Waals surface area contributed by atoms with Crippen LogP contribution in [0, 0.1) is 0 Å². The lowest BCUT2D eigenvalue weighted by atomic mass is 10.0. The van der Waals surface area contributed by atoms with Gasteiger partial charge in [-0.2, -0.15) is 0 Å². The van der Waals surface area contributed by atoms with Gasteiger partial charge in [0.1, 0.15) is 6.61 Å². The number of esters is 2. The van der Waals surface area contributed by atoms with Crippen LogP contribution < -0.4 is 5.73 Å². The van der Waals surface area contributed by atoms with Crippen molar-refractivity contribution in [2.75, 3.05) is 26.4 Å². The van der Waals surface area contributed by atoms with E-state index >= 15 is 0 Å². The number of unbranched alkanes of at least 4 members (excludes halogenated alkanes) is 33. The highest BCUT2D eigenvalue weighted by Gasteiger charge is 2.26. The van der Waals surface area contributed by atoms with Crippen molar-refractivity contribution in [3.05, 3.63) is 122 Å². The summed E-state index contributed by atoms with van der Waals surface area (Å²) in [5.41, 5.74) is 5.40. The molecule has 86 heavy (non-hydrogen) atoms. The largest absolute Gasteiger partial charge is 0.472 e. The number of phosphoric ester groups is 1. The second-order valence-corrected chi connectivity index (χ2v) is 24.8. The molecule has 0 aromatic rings. The number of carbonyl (C=O) groups is 2. The zero-order valence-corrected chi connectivity index (χ0v) is 56.4. The van der Waals surface area contributed by atoms with E-state index in [4.69, 9.17) is 24.3 Å². The van der Waals surface area contributed by atoms with Crippen molar-refractivity contribution in [1.82, 2.24) is 0 Å². The maximum atomic E-state index is 12.8. The fraction of sp³-hybridized carbons (Fsp3) is 0.711. The summed E-state index contributed by atoms with van der Waals surface area (Å²) in [5.74, 6) is -0.852. The molecule has 0 aromatic heterocycles. The average molecular weight is 1220 g/mol. The fourth-order valence-electron chi connectivity index (χ4n) is 9.90. The van der Waals surface area contributed by atoms with Crippen LogP contribution in [0.15, 0.2) is 122 Å². The van der Waals surface area contributed by atoms with Crippen molar-refractivity contribution in [2.24, 2.45) is 5.73 Å². The minimum atomic E-state index is -4.41. The average Bonchev–Trinajstić information content (AvgIpc) is 3.59. The van der Waals surface area contributed by atoms with E-state index < -0.39 is 26.5 Å². The molecule has 0 heterocycles. The highest BCUT2D eigenvalue weighted by molar-refractivity contribution is 7.47. The van der Waals surface area contributed by atoms with Gasteiger partial charge < -0.3 is 20.1 Å². The van der Waals surface area contributed by atoms with E-state index in [1.54, 1.807) is 0 Å². The Kier molecular flexibility index (Phi) is 67.6. The van der Waals surface area contributed by atoms with Crippen LogP contribution in [-0.4, -0.2) is 49.3 Å². The van der Waals surface area contributed by atoms with E-state index in [-0.39, 0.29) is 38.6 Å². The molecule has 0 aromatic carbocycles. The molecule has 0 amide bonds. The molecular formula is C76H132NO8P. The van der Waals surface area contributed by atoms with Crippen LogP contribution in [0.3, 0.4) is 0 Å². The Balaban J connectivity index is 3.97. The van der Waals surface area contributed by atoms with Gasteiger partial charge in [0.05, 0.1) is 13.2 Å². The zero-order valence-electron chi connectivity index (χ0n) is 55.5. The zero-order chi connectivity index (χ0) is 62.3. The maximum absolute atomic E-state index is 12.8. The Labute approximate surface area is 530 Å². The van der Waals surface area contributed by atoms with Gasteiger partial charge >= 0.3 is 19.8 Å². The highest BCUT2D eigenvalue weighted by Crippen LogP contribution is 2.43. The summed E-state index contributed by atoms with van der Waals surface area (Å²) in [4.78, 5) is 35.4. The smallest absolute Gasteiger partial charge is 0.462 e. The van der Waals surface area contributed by atoms with Crippen molar-refractivity contribution < 1.29 is 37.6 Å². The van der Waals surface area contributed by atoms with Gasteiger partial charge in [0, 0.05) is 19.4 Å². The number of ether oxygens (including phenoxy) is 2. The Morgan fingerprint density at radius 2 is 0.640 bits per heavy atom. The summed E-state index contributed by atoms with van der Waals surface area (Å²) in [7, 11) is -4.41. The first-order valence-electron chi connectivity index (χ1n) is 35.5. The van der Waals surface area contributed by atoms with Gasteiger partial charge in [0.25, 0.3) is 0 Å². The first-order valence-corrected chi connectivity index (χ1v) is 37.0. The van der Waals surface area contributed by atoms with Gasteiger partial charge in [-0.05, 0) is 89.9 Å². The van der Waals surface area contributed by atoms with Crippen LogP contribution in [0.25, 0.3) is 0 Å². The molecule has 0 saturated carbocycles. The summed E-state index contributed by atoms with van der Waals surface area (Å²) in [6.45, 7) is 3.63. The summed E-state index contributed by atoms with van der Waals surface area (Å²) in [6, 6.07) is 0. The molecule has 0 fully saturated rings. The number of rotatable bonds is 66. The van der Waals surface area contributed by atoms with Crippen LogP contribution in [0.5, 0.6) is 0 Å². The van der Waals surface area contributed by atoms with Crippen LogP contribution in [0.2, 0.25) is 0 Å². The van der Waals surface area contributed by atoms with E-state index in [1.165, 1.54) is 173 Å². The van der Waals surface area contributed by atoms with Crippen molar-refractivity contribution in [3.63, 3.8) is 0 Å². The minimum Gasteiger partial charge on any atom is -0.462 e. The normalized spacial score (nSPS) is 13.7. The number of hydrogen-bond donors (Lipinski definition) is 2. The molecule has 9 nitrogen and oxygen atoms in total. The maximum Gasteiger partial charge on any atom is 0.472 e. The molecule has 0 aliphatic carbocycles. The van der Waals surface area contributed by atoms with Crippen molar-refractivity contribution in [3.8, 4) is 0 Å². The fourth-order valence-corrected chi connectivity index (χ4v) is 10.7.